The number of ether oxygens (including phenoxy) is 1. The van der Waals surface area contributed by atoms with Crippen LogP contribution in [0, 0.1) is 17.6 Å². The number of nitrogens with zero attached hydrogens (tertiary/aromatic N) is 2. The molecule has 1 saturated carbocycles. The number of nitrogens with two attached hydrogens (primary N) is 1. The van der Waals surface area contributed by atoms with E-state index in [4.69, 9.17) is 10.5 Å². The van der Waals surface area contributed by atoms with E-state index in [1.807, 2.05) is 4.90 Å². The third kappa shape index (κ3) is 4.15. The number of hydrogen-bond acceptors (Lipinski definition) is 4. The first-order valence-corrected chi connectivity index (χ1v) is 11.5. The van der Waals surface area contributed by atoms with Crippen molar-refractivity contribution in [2.75, 3.05) is 32.8 Å². The van der Waals surface area contributed by atoms with Gasteiger partial charge in [0.05, 0.1) is 6.61 Å². The maximum absolute atomic E-state index is 14.2. The molecule has 3 atom stereocenters. The lowest BCUT2D eigenvalue weighted by Crippen LogP contribution is -2.49. The molecule has 4 aliphatic rings. The van der Waals surface area contributed by atoms with Gasteiger partial charge in [-0.05, 0) is 48.6 Å². The van der Waals surface area contributed by atoms with Crippen LogP contribution in [-0.2, 0) is 9.53 Å². The zero-order valence-electron chi connectivity index (χ0n) is 17.9. The summed E-state index contributed by atoms with van der Waals surface area (Å²) in [6.45, 7) is 3.61. The van der Waals surface area contributed by atoms with Crippen LogP contribution in [0.5, 0.6) is 0 Å². The standard InChI is InChI=1S/C24H31F2N3O2/c25-18-6-7-21(26)20(8-18)23-22(27)9-19(14-31-23)28-10-16-12-29(13-17(16)11-28)24(30)15-4-2-1-3-5-15/h6-8,15,19,22-23H,1-5,9-14,27H2. The predicted octanol–water partition coefficient (Wildman–Crippen LogP) is 3.16. The third-order valence-electron chi connectivity index (χ3n) is 7.50. The van der Waals surface area contributed by atoms with Crippen molar-refractivity contribution in [3.05, 3.63) is 46.5 Å². The second-order valence-corrected chi connectivity index (χ2v) is 9.61. The van der Waals surface area contributed by atoms with Gasteiger partial charge in [0, 0.05) is 49.7 Å². The van der Waals surface area contributed by atoms with Gasteiger partial charge in [0.2, 0.25) is 5.91 Å². The largest absolute Gasteiger partial charge is 0.370 e. The highest BCUT2D eigenvalue weighted by Gasteiger charge is 2.40. The lowest BCUT2D eigenvalue weighted by Gasteiger charge is -2.39. The van der Waals surface area contributed by atoms with E-state index in [0.29, 0.717) is 18.9 Å². The zero-order chi connectivity index (χ0) is 21.5. The number of rotatable bonds is 3. The van der Waals surface area contributed by atoms with Gasteiger partial charge in [0.15, 0.2) is 0 Å². The molecule has 1 aliphatic carbocycles. The van der Waals surface area contributed by atoms with Crippen LogP contribution in [0.25, 0.3) is 0 Å². The molecule has 1 aromatic carbocycles. The Balaban J connectivity index is 1.16. The molecule has 31 heavy (non-hydrogen) atoms. The fraction of sp³-hybridized carbons (Fsp3) is 0.625. The molecule has 1 saturated heterocycles. The van der Waals surface area contributed by atoms with Crippen molar-refractivity contribution in [2.45, 2.75) is 56.7 Å². The number of amides is 1. The molecule has 1 amide bonds. The van der Waals surface area contributed by atoms with Crippen molar-refractivity contribution in [1.29, 1.82) is 0 Å². The Morgan fingerprint density at radius 1 is 1.03 bits per heavy atom. The zero-order valence-corrected chi connectivity index (χ0v) is 17.9. The molecule has 0 spiro atoms. The van der Waals surface area contributed by atoms with Crippen LogP contribution in [0.4, 0.5) is 8.78 Å². The van der Waals surface area contributed by atoms with Crippen molar-refractivity contribution in [2.24, 2.45) is 11.7 Å². The molecule has 1 aromatic rings. The molecule has 5 rings (SSSR count). The van der Waals surface area contributed by atoms with Gasteiger partial charge in [-0.1, -0.05) is 19.3 Å². The fourth-order valence-corrected chi connectivity index (χ4v) is 5.78. The lowest BCUT2D eigenvalue weighted by molar-refractivity contribution is -0.135. The topological polar surface area (TPSA) is 58.8 Å². The van der Waals surface area contributed by atoms with Gasteiger partial charge >= 0.3 is 0 Å². The molecule has 168 valence electrons. The van der Waals surface area contributed by atoms with E-state index in [9.17, 15) is 13.6 Å². The minimum absolute atomic E-state index is 0.149. The summed E-state index contributed by atoms with van der Waals surface area (Å²) in [5, 5.41) is 0. The van der Waals surface area contributed by atoms with E-state index >= 15 is 0 Å². The molecule has 3 aliphatic heterocycles. The molecule has 0 radical (unpaired) electrons. The molecule has 2 fully saturated rings. The molecule has 3 heterocycles. The summed E-state index contributed by atoms with van der Waals surface area (Å²) in [5.74, 6) is -0.412. The smallest absolute Gasteiger partial charge is 0.226 e. The van der Waals surface area contributed by atoms with Crippen LogP contribution >= 0.6 is 0 Å². The maximum Gasteiger partial charge on any atom is 0.226 e. The first-order chi connectivity index (χ1) is 15.0. The molecule has 7 heteroatoms. The first kappa shape index (κ1) is 21.0. The minimum atomic E-state index is -0.627. The summed E-state index contributed by atoms with van der Waals surface area (Å²) in [6, 6.07) is 3.17. The number of halogens is 2. The summed E-state index contributed by atoms with van der Waals surface area (Å²) in [4.78, 5) is 17.3. The lowest BCUT2D eigenvalue weighted by atomic mass is 9.88. The Hall–Kier alpha value is -1.83. The quantitative estimate of drug-likeness (QED) is 0.747. The first-order valence-electron chi connectivity index (χ1n) is 11.5. The van der Waals surface area contributed by atoms with Gasteiger partial charge in [-0.25, -0.2) is 8.78 Å². The molecular formula is C24H31F2N3O2. The fourth-order valence-electron chi connectivity index (χ4n) is 5.78. The SMILES string of the molecule is NC1CC(N2CC3=C(CN(C(=O)C4CCCCC4)C3)C2)COC1c1cc(F)ccc1F. The van der Waals surface area contributed by atoms with E-state index in [1.54, 1.807) is 0 Å². The highest BCUT2D eigenvalue weighted by molar-refractivity contribution is 5.80. The van der Waals surface area contributed by atoms with Gasteiger partial charge in [-0.15, -0.1) is 0 Å². The third-order valence-corrected chi connectivity index (χ3v) is 7.50. The average molecular weight is 432 g/mol. The summed E-state index contributed by atoms with van der Waals surface area (Å²) in [5.41, 5.74) is 9.25. The van der Waals surface area contributed by atoms with E-state index in [1.165, 1.54) is 36.5 Å². The summed E-state index contributed by atoms with van der Waals surface area (Å²) >= 11 is 0. The Labute approximate surface area is 182 Å². The van der Waals surface area contributed by atoms with Crippen LogP contribution < -0.4 is 5.73 Å². The average Bonchev–Trinajstić information content (AvgIpc) is 3.35. The Morgan fingerprint density at radius 2 is 1.74 bits per heavy atom. The van der Waals surface area contributed by atoms with Gasteiger partial charge in [-0.2, -0.15) is 0 Å². The molecule has 3 unspecified atom stereocenters. The van der Waals surface area contributed by atoms with Crippen molar-refractivity contribution in [1.82, 2.24) is 9.80 Å². The van der Waals surface area contributed by atoms with E-state index in [0.717, 1.165) is 51.2 Å². The monoisotopic (exact) mass is 431 g/mol. The summed E-state index contributed by atoms with van der Waals surface area (Å²) in [6.07, 6.45) is 5.73. The van der Waals surface area contributed by atoms with Crippen molar-refractivity contribution in [3.63, 3.8) is 0 Å². The second kappa shape index (κ2) is 8.60. The van der Waals surface area contributed by atoms with E-state index in [-0.39, 0.29) is 17.5 Å². The van der Waals surface area contributed by atoms with Crippen LogP contribution in [0.15, 0.2) is 29.3 Å². The Morgan fingerprint density at radius 3 is 2.42 bits per heavy atom. The van der Waals surface area contributed by atoms with Crippen LogP contribution in [0.1, 0.15) is 50.2 Å². The number of hydrogen-bond donors (Lipinski definition) is 1. The molecular weight excluding hydrogens is 400 g/mol. The minimum Gasteiger partial charge on any atom is -0.370 e. The number of carbonyl (C=O) groups excluding carboxylic acids is 1. The summed E-state index contributed by atoms with van der Waals surface area (Å²) < 4.78 is 33.7. The van der Waals surface area contributed by atoms with E-state index in [2.05, 4.69) is 4.90 Å². The van der Waals surface area contributed by atoms with Gasteiger partial charge in [0.1, 0.15) is 17.7 Å². The Bertz CT molecular complexity index is 866. The van der Waals surface area contributed by atoms with Gasteiger partial charge < -0.3 is 15.4 Å². The van der Waals surface area contributed by atoms with Crippen LogP contribution in [0.2, 0.25) is 0 Å². The number of benzene rings is 1. The van der Waals surface area contributed by atoms with Gasteiger partial charge in [-0.3, -0.25) is 9.69 Å². The van der Waals surface area contributed by atoms with Crippen molar-refractivity contribution < 1.29 is 18.3 Å². The molecule has 2 N–H and O–H groups in total. The highest BCUT2D eigenvalue weighted by atomic mass is 19.1. The van der Waals surface area contributed by atoms with Crippen LogP contribution in [0.3, 0.4) is 0 Å². The second-order valence-electron chi connectivity index (χ2n) is 9.61. The van der Waals surface area contributed by atoms with Crippen molar-refractivity contribution >= 4 is 5.91 Å². The molecule has 0 aromatic heterocycles. The Kier molecular flexibility index (Phi) is 5.84. The normalized spacial score (nSPS) is 30.2. The maximum atomic E-state index is 14.2. The van der Waals surface area contributed by atoms with Gasteiger partial charge in [0.25, 0.3) is 0 Å². The molecule has 0 bridgehead atoms. The van der Waals surface area contributed by atoms with Crippen LogP contribution in [-0.4, -0.2) is 60.6 Å². The van der Waals surface area contributed by atoms with Crippen molar-refractivity contribution in [3.8, 4) is 0 Å². The highest BCUT2D eigenvalue weighted by Crippen LogP contribution is 2.35. The predicted molar refractivity (Wildman–Crippen MR) is 113 cm³/mol. The van der Waals surface area contributed by atoms with E-state index < -0.39 is 23.8 Å². The summed E-state index contributed by atoms with van der Waals surface area (Å²) in [7, 11) is 0. The molecule has 5 nitrogen and oxygen atoms in total. The number of carbonyl (C=O) groups is 1.